The molecule has 0 unspecified atom stereocenters. The number of halogens is 3. The van der Waals surface area contributed by atoms with Crippen LogP contribution in [0.1, 0.15) is 16.7 Å². The largest absolute Gasteiger partial charge is 0.418 e. The van der Waals surface area contributed by atoms with Crippen LogP contribution in [0.2, 0.25) is 0 Å². The number of fused-ring (bicyclic) bond motifs is 1. The Bertz CT molecular complexity index is 619. The Kier molecular flexibility index (Phi) is 3.16. The van der Waals surface area contributed by atoms with Crippen molar-refractivity contribution in [2.45, 2.75) is 19.1 Å². The molecule has 0 radical (unpaired) electrons. The first-order valence-corrected chi connectivity index (χ1v) is 6.53. The van der Waals surface area contributed by atoms with Gasteiger partial charge < -0.3 is 4.90 Å². The number of alkyl halides is 3. The molecule has 2 aromatic rings. The van der Waals surface area contributed by atoms with Crippen LogP contribution in [0.15, 0.2) is 48.5 Å². The third-order valence-corrected chi connectivity index (χ3v) is 3.68. The van der Waals surface area contributed by atoms with E-state index in [4.69, 9.17) is 0 Å². The fourth-order valence-electron chi connectivity index (χ4n) is 2.69. The summed E-state index contributed by atoms with van der Waals surface area (Å²) >= 11 is 0. The van der Waals surface area contributed by atoms with Crippen molar-refractivity contribution >= 4 is 5.69 Å². The molecule has 4 heteroatoms. The van der Waals surface area contributed by atoms with E-state index in [0.29, 0.717) is 13.1 Å². The van der Waals surface area contributed by atoms with Gasteiger partial charge in [-0.1, -0.05) is 36.4 Å². The monoisotopic (exact) mass is 277 g/mol. The van der Waals surface area contributed by atoms with E-state index < -0.39 is 11.7 Å². The number of anilines is 1. The van der Waals surface area contributed by atoms with Gasteiger partial charge in [0.25, 0.3) is 0 Å². The second-order valence-corrected chi connectivity index (χ2v) is 4.96. The maximum Gasteiger partial charge on any atom is 0.418 e. The SMILES string of the molecule is FC(F)(F)c1ccccc1N1CCc2ccccc2C1. The number of nitrogens with zero attached hydrogens (tertiary/aromatic N) is 1. The molecular weight excluding hydrogens is 263 g/mol. The predicted molar refractivity (Wildman–Crippen MR) is 72.6 cm³/mol. The van der Waals surface area contributed by atoms with Gasteiger partial charge in [0.1, 0.15) is 0 Å². The second-order valence-electron chi connectivity index (χ2n) is 4.96. The van der Waals surface area contributed by atoms with Gasteiger partial charge in [-0.2, -0.15) is 13.2 Å². The maximum absolute atomic E-state index is 13.1. The highest BCUT2D eigenvalue weighted by Gasteiger charge is 2.35. The van der Waals surface area contributed by atoms with Crippen LogP contribution in [-0.2, 0) is 19.1 Å². The molecule has 1 aliphatic heterocycles. The van der Waals surface area contributed by atoms with Crippen LogP contribution in [0.4, 0.5) is 18.9 Å². The van der Waals surface area contributed by atoms with Crippen molar-refractivity contribution in [1.29, 1.82) is 0 Å². The Hall–Kier alpha value is -1.97. The fraction of sp³-hybridized carbons (Fsp3) is 0.250. The quantitative estimate of drug-likeness (QED) is 0.752. The van der Waals surface area contributed by atoms with E-state index in [1.807, 2.05) is 29.2 Å². The molecule has 20 heavy (non-hydrogen) atoms. The van der Waals surface area contributed by atoms with E-state index in [1.54, 1.807) is 12.1 Å². The molecule has 1 nitrogen and oxygen atoms in total. The van der Waals surface area contributed by atoms with E-state index in [0.717, 1.165) is 18.1 Å². The Morgan fingerprint density at radius 1 is 0.850 bits per heavy atom. The van der Waals surface area contributed by atoms with Gasteiger partial charge in [0.05, 0.1) is 5.56 Å². The van der Waals surface area contributed by atoms with Gasteiger partial charge >= 0.3 is 6.18 Å². The summed E-state index contributed by atoms with van der Waals surface area (Å²) in [7, 11) is 0. The van der Waals surface area contributed by atoms with Crippen LogP contribution < -0.4 is 4.90 Å². The lowest BCUT2D eigenvalue weighted by Gasteiger charge is -2.32. The minimum atomic E-state index is -4.31. The number of rotatable bonds is 1. The maximum atomic E-state index is 13.1. The highest BCUT2D eigenvalue weighted by atomic mass is 19.4. The predicted octanol–water partition coefficient (Wildman–Crippen LogP) is 4.27. The van der Waals surface area contributed by atoms with Gasteiger partial charge in [0, 0.05) is 18.8 Å². The highest BCUT2D eigenvalue weighted by molar-refractivity contribution is 5.56. The van der Waals surface area contributed by atoms with Crippen molar-refractivity contribution in [3.63, 3.8) is 0 Å². The summed E-state index contributed by atoms with van der Waals surface area (Å²) in [5, 5.41) is 0. The lowest BCUT2D eigenvalue weighted by molar-refractivity contribution is -0.137. The molecular formula is C16H14F3N. The van der Waals surface area contributed by atoms with Gasteiger partial charge in [-0.3, -0.25) is 0 Å². The lowest BCUT2D eigenvalue weighted by atomic mass is 9.98. The molecule has 0 atom stereocenters. The molecule has 0 spiro atoms. The Balaban J connectivity index is 1.96. The standard InChI is InChI=1S/C16H14F3N/c17-16(18,19)14-7-3-4-8-15(14)20-10-9-12-5-1-2-6-13(12)11-20/h1-8H,9-11H2. The van der Waals surface area contributed by atoms with Gasteiger partial charge in [-0.15, -0.1) is 0 Å². The minimum absolute atomic E-state index is 0.273. The Labute approximate surface area is 115 Å². The molecule has 0 fully saturated rings. The van der Waals surface area contributed by atoms with E-state index in [9.17, 15) is 13.2 Å². The van der Waals surface area contributed by atoms with Crippen LogP contribution in [-0.4, -0.2) is 6.54 Å². The van der Waals surface area contributed by atoms with Crippen LogP contribution in [0, 0.1) is 0 Å². The van der Waals surface area contributed by atoms with Crippen molar-refractivity contribution in [3.05, 3.63) is 65.2 Å². The molecule has 2 aromatic carbocycles. The zero-order valence-electron chi connectivity index (χ0n) is 10.8. The van der Waals surface area contributed by atoms with E-state index in [-0.39, 0.29) is 5.69 Å². The molecule has 0 saturated carbocycles. The first-order valence-electron chi connectivity index (χ1n) is 6.53. The fourth-order valence-corrected chi connectivity index (χ4v) is 2.69. The molecule has 0 bridgehead atoms. The average Bonchev–Trinajstić information content (AvgIpc) is 2.46. The smallest absolute Gasteiger partial charge is 0.366 e. The molecule has 0 aromatic heterocycles. The van der Waals surface area contributed by atoms with Crippen molar-refractivity contribution in [2.75, 3.05) is 11.4 Å². The first kappa shape index (κ1) is 13.0. The number of hydrogen-bond donors (Lipinski definition) is 0. The number of para-hydroxylation sites is 1. The molecule has 3 rings (SSSR count). The van der Waals surface area contributed by atoms with Gasteiger partial charge in [0.2, 0.25) is 0 Å². The Morgan fingerprint density at radius 3 is 2.25 bits per heavy atom. The first-order chi connectivity index (χ1) is 9.55. The van der Waals surface area contributed by atoms with E-state index in [1.165, 1.54) is 11.6 Å². The molecule has 1 aliphatic rings. The third-order valence-electron chi connectivity index (χ3n) is 3.68. The van der Waals surface area contributed by atoms with Crippen LogP contribution >= 0.6 is 0 Å². The lowest BCUT2D eigenvalue weighted by Crippen LogP contribution is -2.31. The normalized spacial score (nSPS) is 15.1. The van der Waals surface area contributed by atoms with Gasteiger partial charge in [-0.05, 0) is 29.7 Å². The minimum Gasteiger partial charge on any atom is -0.366 e. The zero-order valence-corrected chi connectivity index (χ0v) is 10.8. The summed E-state index contributed by atoms with van der Waals surface area (Å²) in [5.74, 6) is 0. The van der Waals surface area contributed by atoms with Crippen LogP contribution in [0.3, 0.4) is 0 Å². The summed E-state index contributed by atoms with van der Waals surface area (Å²) in [6, 6.07) is 13.7. The molecule has 0 amide bonds. The summed E-state index contributed by atoms with van der Waals surface area (Å²) < 4.78 is 39.2. The van der Waals surface area contributed by atoms with Gasteiger partial charge in [-0.25, -0.2) is 0 Å². The van der Waals surface area contributed by atoms with Crippen molar-refractivity contribution in [3.8, 4) is 0 Å². The summed E-state index contributed by atoms with van der Waals surface area (Å²) in [6.45, 7) is 1.15. The molecule has 104 valence electrons. The second kappa shape index (κ2) is 4.85. The zero-order chi connectivity index (χ0) is 14.2. The summed E-state index contributed by atoms with van der Waals surface area (Å²) in [4.78, 5) is 1.81. The molecule has 0 saturated heterocycles. The third kappa shape index (κ3) is 2.38. The van der Waals surface area contributed by atoms with Crippen molar-refractivity contribution < 1.29 is 13.2 Å². The van der Waals surface area contributed by atoms with Crippen molar-refractivity contribution in [2.24, 2.45) is 0 Å². The Morgan fingerprint density at radius 2 is 1.50 bits per heavy atom. The van der Waals surface area contributed by atoms with Crippen molar-refractivity contribution in [1.82, 2.24) is 0 Å². The molecule has 0 aliphatic carbocycles. The molecule has 0 N–H and O–H groups in total. The van der Waals surface area contributed by atoms with Crippen LogP contribution in [0.25, 0.3) is 0 Å². The van der Waals surface area contributed by atoms with E-state index in [2.05, 4.69) is 0 Å². The number of hydrogen-bond acceptors (Lipinski definition) is 1. The summed E-state index contributed by atoms with van der Waals surface area (Å²) in [6.07, 6.45) is -3.53. The number of benzene rings is 2. The van der Waals surface area contributed by atoms with Crippen LogP contribution in [0.5, 0.6) is 0 Å². The highest BCUT2D eigenvalue weighted by Crippen LogP contribution is 2.37. The average molecular weight is 277 g/mol. The summed E-state index contributed by atoms with van der Waals surface area (Å²) in [5.41, 5.74) is 2.05. The van der Waals surface area contributed by atoms with E-state index >= 15 is 0 Å². The molecule has 1 heterocycles. The van der Waals surface area contributed by atoms with Gasteiger partial charge in [0.15, 0.2) is 0 Å². The topological polar surface area (TPSA) is 3.24 Å².